The van der Waals surface area contributed by atoms with E-state index >= 15 is 0 Å². The standard InChI is InChI=1S/C14H22N4O3S/c1-12-8-15-16(9-12)10-13-4-2-6-18(13)14(19)11-17-5-3-7-22(17,20)21/h8-9,13H,2-7,10-11H2,1H3/t13-/m1/s1. The topological polar surface area (TPSA) is 75.5 Å². The van der Waals surface area contributed by atoms with Crippen LogP contribution in [0.25, 0.3) is 0 Å². The van der Waals surface area contributed by atoms with Crippen molar-refractivity contribution in [3.05, 3.63) is 18.0 Å². The predicted octanol–water partition coefficient (Wildman–Crippen LogP) is 0.218. The molecule has 22 heavy (non-hydrogen) atoms. The number of hydrogen-bond acceptors (Lipinski definition) is 4. The SMILES string of the molecule is Cc1cnn(C[C@H]2CCCN2C(=O)CN2CCCS2(=O)=O)c1. The largest absolute Gasteiger partial charge is 0.337 e. The normalized spacial score (nSPS) is 25.0. The molecule has 2 fully saturated rings. The summed E-state index contributed by atoms with van der Waals surface area (Å²) in [5.74, 6) is 0.0767. The number of aromatic nitrogens is 2. The molecule has 8 heteroatoms. The Balaban J connectivity index is 1.63. The molecule has 1 aromatic heterocycles. The lowest BCUT2D eigenvalue weighted by Crippen LogP contribution is -2.44. The summed E-state index contributed by atoms with van der Waals surface area (Å²) in [6.45, 7) is 3.81. The van der Waals surface area contributed by atoms with Crippen LogP contribution in [0.2, 0.25) is 0 Å². The molecule has 0 radical (unpaired) electrons. The number of amides is 1. The first-order valence-electron chi connectivity index (χ1n) is 7.72. The highest BCUT2D eigenvalue weighted by Gasteiger charge is 2.34. The Morgan fingerprint density at radius 1 is 1.36 bits per heavy atom. The van der Waals surface area contributed by atoms with Crippen LogP contribution in [0.5, 0.6) is 0 Å². The van der Waals surface area contributed by atoms with Gasteiger partial charge in [-0.25, -0.2) is 8.42 Å². The maximum Gasteiger partial charge on any atom is 0.238 e. The van der Waals surface area contributed by atoms with E-state index in [0.717, 1.165) is 18.4 Å². The molecule has 1 aromatic rings. The van der Waals surface area contributed by atoms with E-state index in [0.29, 0.717) is 26.1 Å². The Bertz CT molecular complexity index is 655. The zero-order valence-electron chi connectivity index (χ0n) is 12.8. The maximum atomic E-state index is 12.5. The van der Waals surface area contributed by atoms with Crippen molar-refractivity contribution in [3.63, 3.8) is 0 Å². The van der Waals surface area contributed by atoms with E-state index in [1.165, 1.54) is 4.31 Å². The van der Waals surface area contributed by atoms with Crippen molar-refractivity contribution in [2.24, 2.45) is 0 Å². The molecule has 0 unspecified atom stereocenters. The van der Waals surface area contributed by atoms with Crippen LogP contribution in [0.15, 0.2) is 12.4 Å². The van der Waals surface area contributed by atoms with E-state index < -0.39 is 10.0 Å². The number of nitrogens with zero attached hydrogens (tertiary/aromatic N) is 4. The van der Waals surface area contributed by atoms with E-state index in [4.69, 9.17) is 0 Å². The Kier molecular flexibility index (Phi) is 4.22. The van der Waals surface area contributed by atoms with Gasteiger partial charge in [-0.1, -0.05) is 0 Å². The molecular formula is C14H22N4O3S. The average Bonchev–Trinajstić information content (AvgIpc) is 3.13. The van der Waals surface area contributed by atoms with Gasteiger partial charge in [0.2, 0.25) is 15.9 Å². The Labute approximate surface area is 130 Å². The van der Waals surface area contributed by atoms with Crippen molar-refractivity contribution in [3.8, 4) is 0 Å². The zero-order chi connectivity index (χ0) is 15.7. The lowest BCUT2D eigenvalue weighted by Gasteiger charge is -2.26. The molecule has 7 nitrogen and oxygen atoms in total. The van der Waals surface area contributed by atoms with Gasteiger partial charge in [-0.05, 0) is 31.7 Å². The lowest BCUT2D eigenvalue weighted by atomic mass is 10.2. The number of aryl methyl sites for hydroxylation is 1. The van der Waals surface area contributed by atoms with Crippen LogP contribution in [-0.4, -0.2) is 64.7 Å². The van der Waals surface area contributed by atoms with E-state index in [1.54, 1.807) is 6.20 Å². The second-order valence-corrected chi connectivity index (χ2v) is 8.21. The van der Waals surface area contributed by atoms with Crippen molar-refractivity contribution in [2.45, 2.75) is 38.8 Å². The third-order valence-corrected chi connectivity index (χ3v) is 6.28. The summed E-state index contributed by atoms with van der Waals surface area (Å²) in [6.07, 6.45) is 6.29. The van der Waals surface area contributed by atoms with Crippen LogP contribution in [-0.2, 0) is 21.4 Å². The molecule has 1 atom stereocenters. The number of hydrogen-bond donors (Lipinski definition) is 0. The van der Waals surface area contributed by atoms with Gasteiger partial charge in [0.05, 0.1) is 31.1 Å². The fourth-order valence-electron chi connectivity index (χ4n) is 3.25. The average molecular weight is 326 g/mol. The summed E-state index contributed by atoms with van der Waals surface area (Å²) in [4.78, 5) is 14.3. The monoisotopic (exact) mass is 326 g/mol. The lowest BCUT2D eigenvalue weighted by molar-refractivity contribution is -0.132. The third kappa shape index (κ3) is 3.17. The highest BCUT2D eigenvalue weighted by Crippen LogP contribution is 2.21. The molecular weight excluding hydrogens is 304 g/mol. The van der Waals surface area contributed by atoms with Gasteiger partial charge in [-0.2, -0.15) is 9.40 Å². The molecule has 0 bridgehead atoms. The van der Waals surface area contributed by atoms with Gasteiger partial charge in [-0.3, -0.25) is 9.48 Å². The van der Waals surface area contributed by atoms with E-state index in [2.05, 4.69) is 5.10 Å². The van der Waals surface area contributed by atoms with Gasteiger partial charge >= 0.3 is 0 Å². The van der Waals surface area contributed by atoms with Gasteiger partial charge < -0.3 is 4.90 Å². The van der Waals surface area contributed by atoms with Crippen molar-refractivity contribution in [1.82, 2.24) is 19.0 Å². The van der Waals surface area contributed by atoms with Gasteiger partial charge in [0.25, 0.3) is 0 Å². The van der Waals surface area contributed by atoms with Gasteiger partial charge in [0, 0.05) is 19.3 Å². The first kappa shape index (κ1) is 15.5. The van der Waals surface area contributed by atoms with E-state index in [-0.39, 0.29) is 24.2 Å². The molecule has 0 spiro atoms. The number of likely N-dealkylation sites (tertiary alicyclic amines) is 1. The smallest absolute Gasteiger partial charge is 0.238 e. The number of rotatable bonds is 4. The fraction of sp³-hybridized carbons (Fsp3) is 0.714. The summed E-state index contributed by atoms with van der Waals surface area (Å²) in [7, 11) is -3.22. The molecule has 0 aromatic carbocycles. The first-order chi connectivity index (χ1) is 10.5. The molecule has 3 rings (SSSR count). The van der Waals surface area contributed by atoms with Crippen molar-refractivity contribution >= 4 is 15.9 Å². The maximum absolute atomic E-state index is 12.5. The third-order valence-electron chi connectivity index (χ3n) is 4.37. The Hall–Kier alpha value is -1.41. The molecule has 0 N–H and O–H groups in total. The molecule has 0 aliphatic carbocycles. The van der Waals surface area contributed by atoms with Crippen LogP contribution in [0.4, 0.5) is 0 Å². The Morgan fingerprint density at radius 2 is 2.18 bits per heavy atom. The molecule has 3 heterocycles. The molecule has 122 valence electrons. The van der Waals surface area contributed by atoms with Crippen molar-refractivity contribution < 1.29 is 13.2 Å². The first-order valence-corrected chi connectivity index (χ1v) is 9.33. The quantitative estimate of drug-likeness (QED) is 0.793. The van der Waals surface area contributed by atoms with Crippen LogP contribution in [0.3, 0.4) is 0 Å². The van der Waals surface area contributed by atoms with Crippen molar-refractivity contribution in [2.75, 3.05) is 25.4 Å². The minimum absolute atomic E-state index is 0.0169. The van der Waals surface area contributed by atoms with E-state index in [9.17, 15) is 13.2 Å². The van der Waals surface area contributed by atoms with Gasteiger partial charge in [-0.15, -0.1) is 0 Å². The minimum atomic E-state index is -3.22. The minimum Gasteiger partial charge on any atom is -0.337 e. The van der Waals surface area contributed by atoms with Crippen LogP contribution < -0.4 is 0 Å². The van der Waals surface area contributed by atoms with Crippen molar-refractivity contribution in [1.29, 1.82) is 0 Å². The molecule has 2 aliphatic rings. The number of carbonyl (C=O) groups excluding carboxylic acids is 1. The van der Waals surface area contributed by atoms with Crippen LogP contribution in [0, 0.1) is 6.92 Å². The van der Waals surface area contributed by atoms with Gasteiger partial charge in [0.1, 0.15) is 0 Å². The molecule has 2 aliphatic heterocycles. The summed E-state index contributed by atoms with van der Waals surface area (Å²) >= 11 is 0. The summed E-state index contributed by atoms with van der Waals surface area (Å²) in [5, 5.41) is 4.27. The number of carbonyl (C=O) groups is 1. The highest BCUT2D eigenvalue weighted by atomic mass is 32.2. The van der Waals surface area contributed by atoms with E-state index in [1.807, 2.05) is 22.7 Å². The second-order valence-electron chi connectivity index (χ2n) is 6.13. The number of sulfonamides is 1. The Morgan fingerprint density at radius 3 is 2.82 bits per heavy atom. The molecule has 2 saturated heterocycles. The zero-order valence-corrected chi connectivity index (χ0v) is 13.6. The second kappa shape index (κ2) is 6.00. The summed E-state index contributed by atoms with van der Waals surface area (Å²) in [5.41, 5.74) is 1.10. The fourth-order valence-corrected chi connectivity index (χ4v) is 4.71. The summed E-state index contributed by atoms with van der Waals surface area (Å²) in [6, 6.07) is 0.108. The van der Waals surface area contributed by atoms with Gasteiger partial charge in [0.15, 0.2) is 0 Å². The highest BCUT2D eigenvalue weighted by molar-refractivity contribution is 7.89. The van der Waals surface area contributed by atoms with Crippen LogP contribution >= 0.6 is 0 Å². The summed E-state index contributed by atoms with van der Waals surface area (Å²) < 4.78 is 26.8. The van der Waals surface area contributed by atoms with Crippen LogP contribution in [0.1, 0.15) is 24.8 Å². The molecule has 1 amide bonds. The predicted molar refractivity (Wildman–Crippen MR) is 81.7 cm³/mol. The molecule has 0 saturated carbocycles.